The lowest BCUT2D eigenvalue weighted by Gasteiger charge is -2.35. The van der Waals surface area contributed by atoms with Gasteiger partial charge in [-0.3, -0.25) is 9.59 Å². The second-order valence-corrected chi connectivity index (χ2v) is 9.22. The molecule has 0 bridgehead atoms. The number of ether oxygens (including phenoxy) is 1. The summed E-state index contributed by atoms with van der Waals surface area (Å²) in [5, 5.41) is 4.87. The van der Waals surface area contributed by atoms with Gasteiger partial charge < -0.3 is 15.4 Å². The summed E-state index contributed by atoms with van der Waals surface area (Å²) in [5.41, 5.74) is 1.70. The van der Waals surface area contributed by atoms with Crippen molar-refractivity contribution in [1.29, 1.82) is 0 Å². The van der Waals surface area contributed by atoms with Crippen LogP contribution in [-0.4, -0.2) is 36.8 Å². The van der Waals surface area contributed by atoms with Crippen molar-refractivity contribution in [3.05, 3.63) is 65.7 Å². The maximum atomic E-state index is 13.5. The molecule has 0 spiro atoms. The summed E-state index contributed by atoms with van der Waals surface area (Å²) >= 11 is 11.6. The third-order valence-corrected chi connectivity index (χ3v) is 6.51. The summed E-state index contributed by atoms with van der Waals surface area (Å²) < 4.78 is 3.99. The zero-order valence-electron chi connectivity index (χ0n) is 18.4. The number of carbonyl (C=O) groups excluding carboxylic acids is 2. The molecule has 0 saturated heterocycles. The van der Waals surface area contributed by atoms with Crippen LogP contribution < -0.4 is 15.4 Å². The Morgan fingerprint density at radius 1 is 1.10 bits per heavy atom. The number of hydrogen-bond donors (Lipinski definition) is 3. The molecule has 7 heteroatoms. The van der Waals surface area contributed by atoms with Crippen molar-refractivity contribution in [3.63, 3.8) is 0 Å². The summed E-state index contributed by atoms with van der Waals surface area (Å²) in [6, 6.07) is 16.0. The number of amides is 2. The normalized spacial score (nSPS) is 14.9. The number of hydrogen-bond acceptors (Lipinski definition) is 4. The molecule has 0 aliphatic heterocycles. The number of halogens is 1. The van der Waals surface area contributed by atoms with Gasteiger partial charge in [-0.2, -0.15) is 12.6 Å². The van der Waals surface area contributed by atoms with E-state index in [1.54, 1.807) is 14.2 Å². The van der Waals surface area contributed by atoms with E-state index < -0.39 is 16.2 Å². The van der Waals surface area contributed by atoms with E-state index in [2.05, 4.69) is 10.6 Å². The molecule has 168 valence electrons. The Bertz CT molecular complexity index is 861. The minimum absolute atomic E-state index is 0.174. The summed E-state index contributed by atoms with van der Waals surface area (Å²) in [5.74, 6) is 0.252. The summed E-state index contributed by atoms with van der Waals surface area (Å²) in [6.07, 6.45) is 0.785. The molecule has 2 N–H and O–H groups in total. The van der Waals surface area contributed by atoms with E-state index in [0.717, 1.165) is 16.9 Å². The third-order valence-electron chi connectivity index (χ3n) is 5.09. The molecule has 2 amide bonds. The van der Waals surface area contributed by atoms with Gasteiger partial charge in [0.25, 0.3) is 0 Å². The number of rotatable bonds is 10. The van der Waals surface area contributed by atoms with E-state index in [9.17, 15) is 9.59 Å². The molecule has 0 saturated carbocycles. The monoisotopic (exact) mass is 462 g/mol. The first kappa shape index (κ1) is 25.1. The number of methoxy groups -OCH3 is 1. The van der Waals surface area contributed by atoms with Crippen molar-refractivity contribution < 1.29 is 14.3 Å². The van der Waals surface area contributed by atoms with Gasteiger partial charge in [0.05, 0.1) is 12.5 Å². The van der Waals surface area contributed by atoms with Crippen LogP contribution in [0.25, 0.3) is 0 Å². The molecule has 0 fully saturated rings. The number of benzene rings is 2. The molecule has 2 unspecified atom stereocenters. The fourth-order valence-electron chi connectivity index (χ4n) is 3.50. The Morgan fingerprint density at radius 2 is 1.71 bits per heavy atom. The van der Waals surface area contributed by atoms with Crippen LogP contribution in [0.2, 0.25) is 0 Å². The van der Waals surface area contributed by atoms with Gasteiger partial charge in [-0.25, -0.2) is 0 Å². The summed E-state index contributed by atoms with van der Waals surface area (Å²) in [4.78, 5) is 26.0. The molecule has 0 radical (unpaired) electrons. The average Bonchev–Trinajstić information content (AvgIpc) is 2.77. The molecule has 2 aromatic carbocycles. The van der Waals surface area contributed by atoms with Gasteiger partial charge in [0.15, 0.2) is 0 Å². The number of thiol groups is 1. The van der Waals surface area contributed by atoms with Gasteiger partial charge in [-0.05, 0) is 35.6 Å². The number of likely N-dealkylation sites (N-methyl/N-ethyl adjacent to an activating group) is 1. The molecule has 0 aliphatic carbocycles. The second-order valence-electron chi connectivity index (χ2n) is 7.99. The van der Waals surface area contributed by atoms with E-state index in [1.165, 1.54) is 0 Å². The highest BCUT2D eigenvalue weighted by molar-refractivity contribution is 7.82. The van der Waals surface area contributed by atoms with Crippen LogP contribution in [0.15, 0.2) is 54.6 Å². The molecular formula is C24H31ClN2O3S. The molecule has 0 heterocycles. The van der Waals surface area contributed by atoms with Crippen molar-refractivity contribution in [2.45, 2.75) is 42.9 Å². The SMILES string of the molecule is CNC(=O)[C@H](Cc1ccc(OC)cc1)NC(=O)C(S)(CC(C)C)C(Cl)c1ccccc1. The fraction of sp³-hybridized carbons (Fsp3) is 0.417. The zero-order valence-corrected chi connectivity index (χ0v) is 20.0. The molecule has 2 rings (SSSR count). The average molecular weight is 463 g/mol. The van der Waals surface area contributed by atoms with E-state index >= 15 is 0 Å². The molecule has 0 aliphatic rings. The first-order valence-electron chi connectivity index (χ1n) is 10.3. The van der Waals surface area contributed by atoms with Gasteiger partial charge in [-0.1, -0.05) is 56.3 Å². The highest BCUT2D eigenvalue weighted by Gasteiger charge is 2.44. The van der Waals surface area contributed by atoms with Gasteiger partial charge in [-0.15, -0.1) is 11.6 Å². The maximum absolute atomic E-state index is 13.5. The smallest absolute Gasteiger partial charge is 0.242 e. The predicted octanol–water partition coefficient (Wildman–Crippen LogP) is 4.16. The Hall–Kier alpha value is -2.18. The maximum Gasteiger partial charge on any atom is 0.242 e. The molecular weight excluding hydrogens is 432 g/mol. The quantitative estimate of drug-likeness (QED) is 0.367. The first-order chi connectivity index (χ1) is 14.7. The molecule has 3 atom stereocenters. The van der Waals surface area contributed by atoms with Crippen LogP contribution in [0.1, 0.15) is 36.8 Å². The van der Waals surface area contributed by atoms with Crippen molar-refractivity contribution in [2.24, 2.45) is 5.92 Å². The zero-order chi connectivity index (χ0) is 23.0. The first-order valence-corrected chi connectivity index (χ1v) is 11.2. The Kier molecular flexibility index (Phi) is 9.26. The van der Waals surface area contributed by atoms with Crippen LogP contribution in [-0.2, 0) is 16.0 Å². The van der Waals surface area contributed by atoms with Gasteiger partial charge in [0.2, 0.25) is 11.8 Å². The molecule has 5 nitrogen and oxygen atoms in total. The van der Waals surface area contributed by atoms with Crippen LogP contribution in [0.4, 0.5) is 0 Å². The highest BCUT2D eigenvalue weighted by Crippen LogP contribution is 2.42. The van der Waals surface area contributed by atoms with Crippen LogP contribution in [0.5, 0.6) is 5.75 Å². The number of nitrogens with one attached hydrogen (secondary N) is 2. The minimum Gasteiger partial charge on any atom is -0.497 e. The van der Waals surface area contributed by atoms with E-state index in [1.807, 2.05) is 68.4 Å². The van der Waals surface area contributed by atoms with Gasteiger partial charge in [0, 0.05) is 13.5 Å². The second kappa shape index (κ2) is 11.4. The van der Waals surface area contributed by atoms with E-state index in [-0.39, 0.29) is 17.7 Å². The van der Waals surface area contributed by atoms with Crippen LogP contribution >= 0.6 is 24.2 Å². The van der Waals surface area contributed by atoms with Gasteiger partial charge >= 0.3 is 0 Å². The van der Waals surface area contributed by atoms with E-state index in [4.69, 9.17) is 29.0 Å². The topological polar surface area (TPSA) is 67.4 Å². The van der Waals surface area contributed by atoms with Crippen molar-refractivity contribution in [3.8, 4) is 5.75 Å². The van der Waals surface area contributed by atoms with Crippen molar-refractivity contribution in [2.75, 3.05) is 14.2 Å². The van der Waals surface area contributed by atoms with Crippen molar-refractivity contribution >= 4 is 36.0 Å². The number of alkyl halides is 1. The van der Waals surface area contributed by atoms with Crippen LogP contribution in [0, 0.1) is 5.92 Å². The third kappa shape index (κ3) is 6.65. The summed E-state index contributed by atoms with van der Waals surface area (Å²) in [7, 11) is 3.14. The van der Waals surface area contributed by atoms with E-state index in [0.29, 0.717) is 12.8 Å². The predicted molar refractivity (Wildman–Crippen MR) is 129 cm³/mol. The number of carbonyl (C=O) groups is 2. The standard InChI is InChI=1S/C24H31ClN2O3S/c1-16(2)15-24(31,21(25)18-8-6-5-7-9-18)23(29)27-20(22(28)26-3)14-17-10-12-19(30-4)13-11-17/h5-13,16,20-21,31H,14-15H2,1-4H3,(H,26,28)(H,27,29)/t20-,21?,24?/m0/s1. The minimum atomic E-state index is -1.19. The van der Waals surface area contributed by atoms with Gasteiger partial charge in [0.1, 0.15) is 16.5 Å². The Labute approximate surface area is 195 Å². The lowest BCUT2D eigenvalue weighted by molar-refractivity contribution is -0.130. The lowest BCUT2D eigenvalue weighted by atomic mass is 9.88. The molecule has 0 aromatic heterocycles. The lowest BCUT2D eigenvalue weighted by Crippen LogP contribution is -2.54. The Balaban J connectivity index is 2.28. The molecule has 2 aromatic rings. The molecule has 31 heavy (non-hydrogen) atoms. The highest BCUT2D eigenvalue weighted by atomic mass is 35.5. The summed E-state index contributed by atoms with van der Waals surface area (Å²) in [6.45, 7) is 4.03. The largest absolute Gasteiger partial charge is 0.497 e. The Morgan fingerprint density at radius 3 is 2.23 bits per heavy atom. The van der Waals surface area contributed by atoms with Crippen LogP contribution in [0.3, 0.4) is 0 Å². The fourth-order valence-corrected chi connectivity index (χ4v) is 4.41. The van der Waals surface area contributed by atoms with Crippen molar-refractivity contribution in [1.82, 2.24) is 10.6 Å².